The van der Waals surface area contributed by atoms with Crippen LogP contribution in [-0.2, 0) is 4.79 Å². The maximum absolute atomic E-state index is 11.6. The van der Waals surface area contributed by atoms with E-state index in [2.05, 4.69) is 16.6 Å². The van der Waals surface area contributed by atoms with Crippen molar-refractivity contribution in [2.75, 3.05) is 0 Å². The summed E-state index contributed by atoms with van der Waals surface area (Å²) in [6, 6.07) is -0.351. The molecule has 14 heavy (non-hydrogen) atoms. The minimum Gasteiger partial charge on any atom is -0.350 e. The third-order valence-electron chi connectivity index (χ3n) is 1.64. The Bertz CT molecular complexity index is 235. The van der Waals surface area contributed by atoms with Crippen LogP contribution < -0.4 is 10.6 Å². The van der Waals surface area contributed by atoms with Gasteiger partial charge in [-0.3, -0.25) is 10.1 Å². The Morgan fingerprint density at radius 2 is 1.86 bits per heavy atom. The van der Waals surface area contributed by atoms with E-state index in [1.54, 1.807) is 6.92 Å². The number of hydrogen-bond acceptors (Lipinski definition) is 2. The molecule has 2 atom stereocenters. The average molecular weight is 196 g/mol. The van der Waals surface area contributed by atoms with E-state index in [1.807, 2.05) is 27.7 Å². The molecule has 0 rings (SSSR count). The molecule has 1 amide bonds. The van der Waals surface area contributed by atoms with Gasteiger partial charge in [0.05, 0.1) is 12.1 Å². The molecular formula is C11H20N2O. The van der Waals surface area contributed by atoms with Gasteiger partial charge in [-0.25, -0.2) is 0 Å². The van der Waals surface area contributed by atoms with Crippen molar-refractivity contribution in [1.29, 1.82) is 0 Å². The van der Waals surface area contributed by atoms with E-state index >= 15 is 0 Å². The van der Waals surface area contributed by atoms with Crippen molar-refractivity contribution < 1.29 is 4.79 Å². The van der Waals surface area contributed by atoms with E-state index < -0.39 is 0 Å². The topological polar surface area (TPSA) is 41.1 Å². The van der Waals surface area contributed by atoms with E-state index in [0.717, 1.165) is 0 Å². The highest BCUT2D eigenvalue weighted by molar-refractivity contribution is 5.82. The van der Waals surface area contributed by atoms with Gasteiger partial charge in [-0.05, 0) is 34.6 Å². The number of hydrogen-bond donors (Lipinski definition) is 2. The van der Waals surface area contributed by atoms with Gasteiger partial charge in [0.25, 0.3) is 0 Å². The number of terminal acetylenes is 1. The van der Waals surface area contributed by atoms with Crippen LogP contribution in [0.5, 0.6) is 0 Å². The fourth-order valence-corrected chi connectivity index (χ4v) is 0.977. The van der Waals surface area contributed by atoms with Gasteiger partial charge in [0.15, 0.2) is 0 Å². The number of rotatable bonds is 3. The first-order chi connectivity index (χ1) is 6.26. The molecule has 0 bridgehead atoms. The van der Waals surface area contributed by atoms with Gasteiger partial charge in [-0.15, -0.1) is 6.42 Å². The fourth-order valence-electron chi connectivity index (χ4n) is 0.977. The first-order valence-electron chi connectivity index (χ1n) is 4.80. The summed E-state index contributed by atoms with van der Waals surface area (Å²) < 4.78 is 0. The predicted octanol–water partition coefficient (Wildman–Crippen LogP) is 0.901. The summed E-state index contributed by atoms with van der Waals surface area (Å²) in [6.07, 6.45) is 5.20. The molecule has 3 heteroatoms. The van der Waals surface area contributed by atoms with Crippen LogP contribution in [0.15, 0.2) is 0 Å². The van der Waals surface area contributed by atoms with Crippen molar-refractivity contribution in [3.05, 3.63) is 0 Å². The lowest BCUT2D eigenvalue weighted by molar-refractivity contribution is -0.124. The lowest BCUT2D eigenvalue weighted by atomic mass is 10.1. The molecule has 0 saturated carbocycles. The Morgan fingerprint density at radius 1 is 1.36 bits per heavy atom. The minimum atomic E-state index is -0.264. The number of carbonyl (C=O) groups is 1. The van der Waals surface area contributed by atoms with Crippen LogP contribution in [0, 0.1) is 12.3 Å². The average Bonchev–Trinajstić information content (AvgIpc) is 2.00. The van der Waals surface area contributed by atoms with Crippen LogP contribution in [0.2, 0.25) is 0 Å². The highest BCUT2D eigenvalue weighted by atomic mass is 16.2. The van der Waals surface area contributed by atoms with Crippen LogP contribution in [0.25, 0.3) is 0 Å². The largest absolute Gasteiger partial charge is 0.350 e. The molecule has 0 heterocycles. The predicted molar refractivity (Wildman–Crippen MR) is 58.8 cm³/mol. The van der Waals surface area contributed by atoms with Crippen molar-refractivity contribution in [3.63, 3.8) is 0 Å². The standard InChI is InChI=1S/C11H20N2O/c1-7-8(2)12-9(3)10(14)13-11(4,5)6/h1,8-9,12H,2-6H3,(H,13,14). The molecule has 0 aliphatic heterocycles. The van der Waals surface area contributed by atoms with Crippen LogP contribution in [0.3, 0.4) is 0 Å². The van der Waals surface area contributed by atoms with Gasteiger partial charge in [-0.1, -0.05) is 5.92 Å². The lowest BCUT2D eigenvalue weighted by Crippen LogP contribution is -2.51. The van der Waals surface area contributed by atoms with Crippen LogP contribution in [-0.4, -0.2) is 23.5 Å². The summed E-state index contributed by atoms with van der Waals surface area (Å²) in [6.45, 7) is 9.49. The third-order valence-corrected chi connectivity index (χ3v) is 1.64. The summed E-state index contributed by atoms with van der Waals surface area (Å²) in [7, 11) is 0. The van der Waals surface area contributed by atoms with E-state index in [4.69, 9.17) is 6.42 Å². The molecule has 0 radical (unpaired) electrons. The SMILES string of the molecule is C#CC(C)NC(C)C(=O)NC(C)(C)C. The Morgan fingerprint density at radius 3 is 2.21 bits per heavy atom. The third kappa shape index (κ3) is 5.60. The zero-order chi connectivity index (χ0) is 11.4. The number of amides is 1. The van der Waals surface area contributed by atoms with E-state index in [0.29, 0.717) is 0 Å². The summed E-state index contributed by atoms with van der Waals surface area (Å²) in [4.78, 5) is 11.6. The van der Waals surface area contributed by atoms with E-state index in [-0.39, 0.29) is 23.5 Å². The quantitative estimate of drug-likeness (QED) is 0.658. The summed E-state index contributed by atoms with van der Waals surface area (Å²) in [5.74, 6) is 2.49. The molecular weight excluding hydrogens is 176 g/mol. The van der Waals surface area contributed by atoms with Gasteiger partial charge in [0.2, 0.25) is 5.91 Å². The number of carbonyl (C=O) groups excluding carboxylic acids is 1. The second-order valence-electron chi connectivity index (χ2n) is 4.52. The highest BCUT2D eigenvalue weighted by Gasteiger charge is 2.19. The molecule has 2 N–H and O–H groups in total. The van der Waals surface area contributed by atoms with Gasteiger partial charge in [0.1, 0.15) is 0 Å². The first-order valence-corrected chi connectivity index (χ1v) is 4.80. The molecule has 0 aliphatic rings. The molecule has 2 unspecified atom stereocenters. The van der Waals surface area contributed by atoms with Crippen molar-refractivity contribution in [2.24, 2.45) is 0 Å². The van der Waals surface area contributed by atoms with Crippen molar-refractivity contribution in [2.45, 2.75) is 52.2 Å². The summed E-state index contributed by atoms with van der Waals surface area (Å²) in [5.41, 5.74) is -0.202. The normalized spacial score (nSPS) is 15.4. The molecule has 0 fully saturated rings. The smallest absolute Gasteiger partial charge is 0.237 e. The van der Waals surface area contributed by atoms with Crippen LogP contribution >= 0.6 is 0 Å². The molecule has 3 nitrogen and oxygen atoms in total. The van der Waals surface area contributed by atoms with Gasteiger partial charge in [-0.2, -0.15) is 0 Å². The van der Waals surface area contributed by atoms with Crippen molar-refractivity contribution in [1.82, 2.24) is 10.6 Å². The van der Waals surface area contributed by atoms with Crippen LogP contribution in [0.1, 0.15) is 34.6 Å². The molecule has 0 aliphatic carbocycles. The second-order valence-corrected chi connectivity index (χ2v) is 4.52. The van der Waals surface area contributed by atoms with E-state index in [1.165, 1.54) is 0 Å². The van der Waals surface area contributed by atoms with Gasteiger partial charge < -0.3 is 5.32 Å². The van der Waals surface area contributed by atoms with Gasteiger partial charge in [0, 0.05) is 5.54 Å². The Kier molecular flexibility index (Phi) is 4.65. The maximum Gasteiger partial charge on any atom is 0.237 e. The zero-order valence-electron chi connectivity index (χ0n) is 9.64. The summed E-state index contributed by atoms with van der Waals surface area (Å²) >= 11 is 0. The molecule has 0 aromatic heterocycles. The zero-order valence-corrected chi connectivity index (χ0v) is 9.64. The van der Waals surface area contributed by atoms with Crippen LogP contribution in [0.4, 0.5) is 0 Å². The Labute approximate surface area is 86.6 Å². The molecule has 0 aromatic rings. The molecule has 0 aromatic carbocycles. The fraction of sp³-hybridized carbons (Fsp3) is 0.727. The molecule has 0 saturated heterocycles. The number of nitrogens with one attached hydrogen (secondary N) is 2. The Balaban J connectivity index is 4.08. The highest BCUT2D eigenvalue weighted by Crippen LogP contribution is 1.99. The Hall–Kier alpha value is -1.01. The van der Waals surface area contributed by atoms with Crippen molar-refractivity contribution >= 4 is 5.91 Å². The summed E-state index contributed by atoms with van der Waals surface area (Å²) in [5, 5.41) is 5.88. The minimum absolute atomic E-state index is 0.0281. The van der Waals surface area contributed by atoms with Gasteiger partial charge >= 0.3 is 0 Å². The monoisotopic (exact) mass is 196 g/mol. The maximum atomic E-state index is 11.6. The van der Waals surface area contributed by atoms with E-state index in [9.17, 15) is 4.79 Å². The molecule has 0 spiro atoms. The van der Waals surface area contributed by atoms with Crippen molar-refractivity contribution in [3.8, 4) is 12.3 Å². The lowest BCUT2D eigenvalue weighted by Gasteiger charge is -2.24. The second kappa shape index (κ2) is 5.02. The first kappa shape index (κ1) is 13.0. The molecule has 80 valence electrons.